The van der Waals surface area contributed by atoms with Crippen LogP contribution in [0, 0.1) is 0 Å². The van der Waals surface area contributed by atoms with Crippen molar-refractivity contribution >= 4 is 17.7 Å². The first kappa shape index (κ1) is 12.7. The van der Waals surface area contributed by atoms with Crippen LogP contribution in [0.25, 0.3) is 10.4 Å². The van der Waals surface area contributed by atoms with E-state index in [0.717, 1.165) is 9.97 Å². The highest BCUT2D eigenvalue weighted by atomic mass is 32.2. The van der Waals surface area contributed by atoms with Crippen LogP contribution in [-0.2, 0) is 9.53 Å². The van der Waals surface area contributed by atoms with Gasteiger partial charge in [0.2, 0.25) is 0 Å². The minimum atomic E-state index is -0.679. The fraction of sp³-hybridized carbons (Fsp3) is 0.625. The van der Waals surface area contributed by atoms with Crippen LogP contribution in [0.2, 0.25) is 0 Å². The first-order valence-electron chi connectivity index (χ1n) is 4.71. The Balaban J connectivity index is 2.37. The van der Waals surface area contributed by atoms with Gasteiger partial charge in [0.15, 0.2) is 5.50 Å². The van der Waals surface area contributed by atoms with Crippen molar-refractivity contribution in [2.45, 2.75) is 25.3 Å². The third-order valence-electron chi connectivity index (χ3n) is 1.79. The molecular formula is C8H12N4O3S. The third kappa shape index (κ3) is 3.65. The first-order valence-corrected chi connectivity index (χ1v) is 5.59. The Morgan fingerprint density at radius 2 is 2.62 bits per heavy atom. The van der Waals surface area contributed by atoms with Crippen molar-refractivity contribution in [2.24, 2.45) is 5.11 Å². The molecule has 16 heavy (non-hydrogen) atoms. The minimum absolute atomic E-state index is 0.253. The molecule has 1 heterocycles. The molecule has 0 bridgehead atoms. The molecule has 0 saturated heterocycles. The lowest BCUT2D eigenvalue weighted by Crippen LogP contribution is -2.16. The molecule has 1 N–H and O–H groups in total. The quantitative estimate of drug-likeness (QED) is 0.346. The topological polar surface area (TPSA) is 98.5 Å². The number of hydrogen-bond donors (Lipinski definition) is 1. The van der Waals surface area contributed by atoms with Gasteiger partial charge in [0.1, 0.15) is 0 Å². The highest BCUT2D eigenvalue weighted by Gasteiger charge is 2.23. The zero-order valence-corrected chi connectivity index (χ0v) is 9.55. The fourth-order valence-electron chi connectivity index (χ4n) is 1.13. The van der Waals surface area contributed by atoms with E-state index < -0.39 is 5.50 Å². The zero-order valence-electron chi connectivity index (χ0n) is 8.74. The normalized spacial score (nSPS) is 19.0. The van der Waals surface area contributed by atoms with E-state index in [-0.39, 0.29) is 12.4 Å². The Kier molecular flexibility index (Phi) is 4.97. The summed E-state index contributed by atoms with van der Waals surface area (Å²) in [7, 11) is 0. The highest BCUT2D eigenvalue weighted by molar-refractivity contribution is 8.03. The van der Waals surface area contributed by atoms with E-state index in [1.807, 2.05) is 0 Å². The minimum Gasteiger partial charge on any atom is -0.466 e. The smallest absolute Gasteiger partial charge is 0.306 e. The van der Waals surface area contributed by atoms with Crippen molar-refractivity contribution in [1.29, 1.82) is 0 Å². The van der Waals surface area contributed by atoms with Gasteiger partial charge in [0.25, 0.3) is 0 Å². The van der Waals surface area contributed by atoms with E-state index in [0.29, 0.717) is 13.0 Å². The van der Waals surface area contributed by atoms with Gasteiger partial charge >= 0.3 is 5.97 Å². The predicted octanol–water partition coefficient (Wildman–Crippen LogP) is 2.20. The Morgan fingerprint density at radius 3 is 3.25 bits per heavy atom. The lowest BCUT2D eigenvalue weighted by molar-refractivity contribution is -0.143. The van der Waals surface area contributed by atoms with Gasteiger partial charge in [0.05, 0.1) is 13.0 Å². The van der Waals surface area contributed by atoms with Crippen LogP contribution in [-0.4, -0.2) is 28.3 Å². The zero-order chi connectivity index (χ0) is 12.0. The van der Waals surface area contributed by atoms with E-state index in [4.69, 9.17) is 10.3 Å². The summed E-state index contributed by atoms with van der Waals surface area (Å²) >= 11 is 1.21. The number of hydroxylamine groups is 2. The molecule has 0 aliphatic carbocycles. The molecule has 0 spiro atoms. The summed E-state index contributed by atoms with van der Waals surface area (Å²) in [5.74, 6) is -0.277. The number of thioether (sulfide) groups is 1. The number of rotatable bonds is 5. The second kappa shape index (κ2) is 6.26. The third-order valence-corrected chi connectivity index (χ3v) is 2.92. The Bertz CT molecular complexity index is 340. The van der Waals surface area contributed by atoms with Gasteiger partial charge in [-0.25, -0.2) is 5.06 Å². The van der Waals surface area contributed by atoms with Crippen molar-refractivity contribution in [2.75, 3.05) is 6.61 Å². The molecule has 0 amide bonds. The number of ether oxygens (including phenoxy) is 1. The summed E-state index contributed by atoms with van der Waals surface area (Å²) in [5.41, 5.74) is 7.55. The van der Waals surface area contributed by atoms with Crippen LogP contribution in [0.5, 0.6) is 0 Å². The monoisotopic (exact) mass is 244 g/mol. The van der Waals surface area contributed by atoms with Gasteiger partial charge in [-0.1, -0.05) is 16.9 Å². The standard InChI is InChI=1S/C8H12N4O3S/c1-2-15-7(13)4-3-6-5-12(14)8(16-6)10-11-9/h5,8,14H,2-4H2,1H3. The van der Waals surface area contributed by atoms with E-state index >= 15 is 0 Å². The van der Waals surface area contributed by atoms with Crippen LogP contribution in [0.4, 0.5) is 0 Å². The predicted molar refractivity (Wildman–Crippen MR) is 58.1 cm³/mol. The van der Waals surface area contributed by atoms with Crippen LogP contribution in [0.1, 0.15) is 19.8 Å². The maximum absolute atomic E-state index is 11.1. The van der Waals surface area contributed by atoms with Gasteiger partial charge in [-0.2, -0.15) is 0 Å². The molecule has 7 nitrogen and oxygen atoms in total. The summed E-state index contributed by atoms with van der Waals surface area (Å²) in [6.45, 7) is 2.10. The molecule has 8 heteroatoms. The maximum atomic E-state index is 11.1. The Hall–Kier alpha value is -1.37. The molecule has 0 aromatic rings. The van der Waals surface area contributed by atoms with Gasteiger partial charge in [-0.3, -0.25) is 10.0 Å². The highest BCUT2D eigenvalue weighted by Crippen LogP contribution is 2.35. The molecule has 0 aromatic carbocycles. The van der Waals surface area contributed by atoms with Crippen LogP contribution in [0.15, 0.2) is 16.2 Å². The van der Waals surface area contributed by atoms with Gasteiger partial charge in [-0.05, 0) is 18.9 Å². The molecule has 0 radical (unpaired) electrons. The van der Waals surface area contributed by atoms with Crippen molar-refractivity contribution in [3.05, 3.63) is 21.5 Å². The molecule has 1 rings (SSSR count). The largest absolute Gasteiger partial charge is 0.466 e. The van der Waals surface area contributed by atoms with Gasteiger partial charge < -0.3 is 4.74 Å². The van der Waals surface area contributed by atoms with E-state index in [1.54, 1.807) is 6.92 Å². The average molecular weight is 244 g/mol. The van der Waals surface area contributed by atoms with Crippen LogP contribution in [0.3, 0.4) is 0 Å². The van der Waals surface area contributed by atoms with Crippen LogP contribution >= 0.6 is 11.8 Å². The second-order valence-electron chi connectivity index (χ2n) is 2.93. The second-order valence-corrected chi connectivity index (χ2v) is 4.11. The number of esters is 1. The molecule has 0 fully saturated rings. The summed E-state index contributed by atoms with van der Waals surface area (Å²) < 4.78 is 4.77. The summed E-state index contributed by atoms with van der Waals surface area (Å²) in [6, 6.07) is 0. The van der Waals surface area contributed by atoms with Crippen molar-refractivity contribution < 1.29 is 14.7 Å². The number of azide groups is 1. The van der Waals surface area contributed by atoms with E-state index in [1.165, 1.54) is 18.0 Å². The molecule has 1 unspecified atom stereocenters. The maximum Gasteiger partial charge on any atom is 0.306 e. The van der Waals surface area contributed by atoms with Gasteiger partial charge in [0, 0.05) is 16.0 Å². The summed E-state index contributed by atoms with van der Waals surface area (Å²) in [4.78, 5) is 14.5. The SMILES string of the molecule is CCOC(=O)CCC1=CN(O)C(N=[N+]=[N-])S1. The lowest BCUT2D eigenvalue weighted by atomic mass is 10.3. The molecular weight excluding hydrogens is 232 g/mol. The van der Waals surface area contributed by atoms with Crippen molar-refractivity contribution in [3.8, 4) is 0 Å². The Morgan fingerprint density at radius 1 is 1.88 bits per heavy atom. The molecule has 0 saturated carbocycles. The molecule has 1 atom stereocenters. The van der Waals surface area contributed by atoms with Crippen molar-refractivity contribution in [1.82, 2.24) is 5.06 Å². The Labute approximate surface area is 96.6 Å². The molecule has 1 aliphatic heterocycles. The number of allylic oxidation sites excluding steroid dienone is 1. The number of carbonyl (C=O) groups excluding carboxylic acids is 1. The number of nitrogens with zero attached hydrogens (tertiary/aromatic N) is 4. The summed E-state index contributed by atoms with van der Waals surface area (Å²) in [6.07, 6.45) is 2.17. The first-order chi connectivity index (χ1) is 7.67. The van der Waals surface area contributed by atoms with E-state index in [9.17, 15) is 10.0 Å². The number of carbonyl (C=O) groups is 1. The number of hydrogen-bond acceptors (Lipinski definition) is 6. The van der Waals surface area contributed by atoms with Gasteiger partial charge in [-0.15, -0.1) is 0 Å². The summed E-state index contributed by atoms with van der Waals surface area (Å²) in [5, 5.41) is 13.5. The molecule has 0 aromatic heterocycles. The fourth-order valence-corrected chi connectivity index (χ4v) is 2.05. The molecule has 1 aliphatic rings. The lowest BCUT2D eigenvalue weighted by Gasteiger charge is -2.10. The van der Waals surface area contributed by atoms with E-state index in [2.05, 4.69) is 10.0 Å². The average Bonchev–Trinajstić information content (AvgIpc) is 2.58. The van der Waals surface area contributed by atoms with Crippen molar-refractivity contribution in [3.63, 3.8) is 0 Å². The molecule has 88 valence electrons. The van der Waals surface area contributed by atoms with Crippen LogP contribution < -0.4 is 0 Å².